The van der Waals surface area contributed by atoms with Crippen LogP contribution in [0.5, 0.6) is 0 Å². The summed E-state index contributed by atoms with van der Waals surface area (Å²) in [5.74, 6) is -0.106. The van der Waals surface area contributed by atoms with Crippen molar-refractivity contribution < 1.29 is 8.96 Å². The van der Waals surface area contributed by atoms with Gasteiger partial charge in [0.1, 0.15) is 12.9 Å². The van der Waals surface area contributed by atoms with Crippen LogP contribution in [-0.2, 0) is 12.5 Å². The molecular formula is C22H21FN+. The topological polar surface area (TPSA) is 3.88 Å². The molecule has 120 valence electrons. The molecule has 2 aromatic carbocycles. The highest BCUT2D eigenvalue weighted by Crippen LogP contribution is 2.53. The molecule has 1 aliphatic carbocycles. The monoisotopic (exact) mass is 318 g/mol. The number of halogens is 1. The van der Waals surface area contributed by atoms with Crippen molar-refractivity contribution in [3.8, 4) is 22.4 Å². The van der Waals surface area contributed by atoms with Crippen LogP contribution in [0.1, 0.15) is 30.5 Å². The van der Waals surface area contributed by atoms with E-state index in [9.17, 15) is 0 Å². The van der Waals surface area contributed by atoms with Crippen LogP contribution in [0.4, 0.5) is 4.39 Å². The minimum Gasteiger partial charge on any atom is -0.207 e. The normalized spacial score (nSPS) is 14.4. The average Bonchev–Trinajstić information content (AvgIpc) is 2.78. The second kappa shape index (κ2) is 5.01. The van der Waals surface area contributed by atoms with Crippen LogP contribution >= 0.6 is 0 Å². The molecule has 0 saturated carbocycles. The van der Waals surface area contributed by atoms with Crippen LogP contribution in [0, 0.1) is 12.7 Å². The van der Waals surface area contributed by atoms with E-state index in [0.717, 1.165) is 33.5 Å². The highest BCUT2D eigenvalue weighted by atomic mass is 19.1. The molecule has 0 N–H and O–H groups in total. The lowest BCUT2D eigenvalue weighted by atomic mass is 9.81. The Labute approximate surface area is 142 Å². The lowest BCUT2D eigenvalue weighted by molar-refractivity contribution is -0.660. The zero-order chi connectivity index (χ0) is 17.1. The molecule has 0 bridgehead atoms. The molecule has 0 fully saturated rings. The predicted molar refractivity (Wildman–Crippen MR) is 95.3 cm³/mol. The zero-order valence-corrected chi connectivity index (χ0v) is 14.5. The van der Waals surface area contributed by atoms with Gasteiger partial charge in [-0.2, -0.15) is 0 Å². The van der Waals surface area contributed by atoms with E-state index < -0.39 is 0 Å². The minimum absolute atomic E-state index is 0.106. The van der Waals surface area contributed by atoms with Crippen molar-refractivity contribution in [2.24, 2.45) is 7.05 Å². The zero-order valence-electron chi connectivity index (χ0n) is 14.5. The van der Waals surface area contributed by atoms with Crippen LogP contribution in [0.3, 0.4) is 0 Å². The third kappa shape index (κ3) is 1.89. The number of aromatic nitrogens is 1. The molecule has 1 nitrogen and oxygen atoms in total. The number of nitrogens with zero attached hydrogens (tertiary/aromatic N) is 1. The number of hydrogen-bond donors (Lipinski definition) is 0. The quantitative estimate of drug-likeness (QED) is 0.560. The summed E-state index contributed by atoms with van der Waals surface area (Å²) >= 11 is 0. The summed E-state index contributed by atoms with van der Waals surface area (Å²) < 4.78 is 17.1. The van der Waals surface area contributed by atoms with Gasteiger partial charge >= 0.3 is 0 Å². The number of fused-ring (bicyclic) bond motifs is 3. The van der Waals surface area contributed by atoms with E-state index >= 15 is 4.39 Å². The molecule has 1 heterocycles. The smallest absolute Gasteiger partial charge is 0.207 e. The second-order valence-corrected chi connectivity index (χ2v) is 7.17. The molecule has 3 aromatic rings. The Morgan fingerprint density at radius 3 is 2.42 bits per heavy atom. The Balaban J connectivity index is 2.19. The van der Waals surface area contributed by atoms with Crippen LogP contribution in [0.15, 0.2) is 54.7 Å². The van der Waals surface area contributed by atoms with Crippen molar-refractivity contribution in [3.05, 3.63) is 77.2 Å². The molecule has 0 aliphatic heterocycles. The Bertz CT molecular complexity index is 970. The average molecular weight is 318 g/mol. The van der Waals surface area contributed by atoms with Crippen LogP contribution < -0.4 is 4.57 Å². The highest BCUT2D eigenvalue weighted by Gasteiger charge is 2.40. The maximum atomic E-state index is 15.0. The molecule has 24 heavy (non-hydrogen) atoms. The first-order valence-corrected chi connectivity index (χ1v) is 8.31. The Morgan fingerprint density at radius 1 is 0.958 bits per heavy atom. The number of hydrogen-bond acceptors (Lipinski definition) is 0. The molecular weight excluding hydrogens is 297 g/mol. The maximum absolute atomic E-state index is 15.0. The maximum Gasteiger partial charge on any atom is 0.213 e. The summed E-state index contributed by atoms with van der Waals surface area (Å²) in [6.07, 6.45) is 2.04. The fraction of sp³-hybridized carbons (Fsp3) is 0.227. The Kier molecular flexibility index (Phi) is 3.14. The first kappa shape index (κ1) is 15.1. The van der Waals surface area contributed by atoms with E-state index in [2.05, 4.69) is 36.6 Å². The third-order valence-corrected chi connectivity index (χ3v) is 5.28. The van der Waals surface area contributed by atoms with Crippen molar-refractivity contribution in [1.82, 2.24) is 0 Å². The predicted octanol–water partition coefficient (Wildman–Crippen LogP) is 4.93. The van der Waals surface area contributed by atoms with E-state index in [4.69, 9.17) is 0 Å². The molecule has 1 aromatic heterocycles. The number of aryl methyl sites for hydroxylation is 2. The number of rotatable bonds is 1. The van der Waals surface area contributed by atoms with Crippen molar-refractivity contribution in [1.29, 1.82) is 0 Å². The SMILES string of the molecule is Cc1cc(F)c2c(c1-c1cccc[n+]1C)-c1ccccc1C2(C)C. The lowest BCUT2D eigenvalue weighted by Crippen LogP contribution is -2.30. The highest BCUT2D eigenvalue weighted by molar-refractivity contribution is 5.92. The summed E-state index contributed by atoms with van der Waals surface area (Å²) in [5, 5.41) is 0. The van der Waals surface area contributed by atoms with Crippen LogP contribution in [0.2, 0.25) is 0 Å². The number of pyridine rings is 1. The summed E-state index contributed by atoms with van der Waals surface area (Å²) in [7, 11) is 2.04. The fourth-order valence-corrected chi connectivity index (χ4v) is 4.15. The molecule has 0 saturated heterocycles. The molecule has 0 radical (unpaired) electrons. The molecule has 0 amide bonds. The van der Waals surface area contributed by atoms with Crippen molar-refractivity contribution in [2.75, 3.05) is 0 Å². The van der Waals surface area contributed by atoms with E-state index in [0.29, 0.717) is 0 Å². The van der Waals surface area contributed by atoms with E-state index in [1.54, 1.807) is 6.07 Å². The standard InChI is InChI=1S/C22H21FN/c1-14-13-17(23)21-20(19(14)18-11-7-8-12-24(18)4)15-9-5-6-10-16(15)22(21,2)3/h5-13H,1-4H3/q+1. The molecule has 0 spiro atoms. The van der Waals surface area contributed by atoms with E-state index in [1.165, 1.54) is 5.56 Å². The van der Waals surface area contributed by atoms with Gasteiger partial charge in [-0.25, -0.2) is 8.96 Å². The summed E-state index contributed by atoms with van der Waals surface area (Å²) in [4.78, 5) is 0. The molecule has 0 unspecified atom stereocenters. The number of benzene rings is 2. The van der Waals surface area contributed by atoms with Crippen molar-refractivity contribution in [3.63, 3.8) is 0 Å². The molecule has 2 heteroatoms. The van der Waals surface area contributed by atoms with Crippen LogP contribution in [-0.4, -0.2) is 0 Å². The van der Waals surface area contributed by atoms with Gasteiger partial charge in [-0.15, -0.1) is 0 Å². The van der Waals surface area contributed by atoms with Gasteiger partial charge in [0.2, 0.25) is 5.69 Å². The van der Waals surface area contributed by atoms with Crippen molar-refractivity contribution >= 4 is 0 Å². The van der Waals surface area contributed by atoms with Gasteiger partial charge in [0, 0.05) is 28.7 Å². The van der Waals surface area contributed by atoms with Crippen LogP contribution in [0.25, 0.3) is 22.4 Å². The second-order valence-electron chi connectivity index (χ2n) is 7.17. The Morgan fingerprint density at radius 2 is 1.67 bits per heavy atom. The molecule has 0 atom stereocenters. The first-order chi connectivity index (χ1) is 11.4. The largest absolute Gasteiger partial charge is 0.213 e. The van der Waals surface area contributed by atoms with Crippen molar-refractivity contribution in [2.45, 2.75) is 26.2 Å². The van der Waals surface area contributed by atoms with Gasteiger partial charge < -0.3 is 0 Å². The van der Waals surface area contributed by atoms with Gasteiger partial charge in [0.05, 0.1) is 5.56 Å². The third-order valence-electron chi connectivity index (χ3n) is 5.28. The Hall–Kier alpha value is -2.48. The molecule has 1 aliphatic rings. The van der Waals surface area contributed by atoms with E-state index in [1.807, 2.05) is 44.4 Å². The van der Waals surface area contributed by atoms with Gasteiger partial charge in [-0.3, -0.25) is 0 Å². The van der Waals surface area contributed by atoms with Gasteiger partial charge in [0.15, 0.2) is 6.20 Å². The summed E-state index contributed by atoms with van der Waals surface area (Å²) in [6.45, 7) is 6.23. The van der Waals surface area contributed by atoms with Gasteiger partial charge in [-0.05, 0) is 35.7 Å². The lowest BCUT2D eigenvalue weighted by Gasteiger charge is -2.22. The van der Waals surface area contributed by atoms with Gasteiger partial charge in [-0.1, -0.05) is 38.1 Å². The summed E-state index contributed by atoms with van der Waals surface area (Å²) in [6, 6.07) is 16.2. The summed E-state index contributed by atoms with van der Waals surface area (Å²) in [5.41, 5.74) is 7.10. The molecule has 4 rings (SSSR count). The van der Waals surface area contributed by atoms with Gasteiger partial charge in [0.25, 0.3) is 0 Å². The fourth-order valence-electron chi connectivity index (χ4n) is 4.15. The van der Waals surface area contributed by atoms with E-state index in [-0.39, 0.29) is 11.2 Å². The first-order valence-electron chi connectivity index (χ1n) is 8.31. The minimum atomic E-state index is -0.328.